The normalized spacial score (nSPS) is 10.2. The van der Waals surface area contributed by atoms with Crippen molar-refractivity contribution in [3.63, 3.8) is 0 Å². The molecule has 0 aliphatic heterocycles. The summed E-state index contributed by atoms with van der Waals surface area (Å²) in [6, 6.07) is 2.67. The van der Waals surface area contributed by atoms with Crippen LogP contribution in [0.4, 0.5) is 17.2 Å². The zero-order chi connectivity index (χ0) is 14.9. The van der Waals surface area contributed by atoms with Crippen molar-refractivity contribution < 1.29 is 14.8 Å². The lowest BCUT2D eigenvalue weighted by molar-refractivity contribution is -0.396. The lowest BCUT2D eigenvalue weighted by Crippen LogP contribution is -2.06. The van der Waals surface area contributed by atoms with Crippen LogP contribution in [0.5, 0.6) is 0 Å². The van der Waals surface area contributed by atoms with Gasteiger partial charge in [0.1, 0.15) is 6.20 Å². The van der Waals surface area contributed by atoms with Gasteiger partial charge in [0.15, 0.2) is 0 Å². The predicted octanol–water partition coefficient (Wildman–Crippen LogP) is 0.992. The van der Waals surface area contributed by atoms with Crippen molar-refractivity contribution >= 4 is 17.2 Å². The van der Waals surface area contributed by atoms with Gasteiger partial charge < -0.3 is 10.1 Å². The highest BCUT2D eigenvalue weighted by atomic mass is 16.6. The molecule has 0 spiro atoms. The molecule has 102 valence electrons. The van der Waals surface area contributed by atoms with Crippen LogP contribution < -0.4 is 0 Å². The Kier molecular flexibility index (Phi) is 3.04. The van der Waals surface area contributed by atoms with Crippen LogP contribution in [-0.2, 0) is 0 Å². The summed E-state index contributed by atoms with van der Waals surface area (Å²) in [6.07, 6.45) is 0.811. The number of hydrogen-bond donors (Lipinski definition) is 0. The van der Waals surface area contributed by atoms with Crippen molar-refractivity contribution in [1.82, 2.24) is 15.0 Å². The van der Waals surface area contributed by atoms with Crippen LogP contribution in [0.25, 0.3) is 5.69 Å². The van der Waals surface area contributed by atoms with E-state index in [4.69, 9.17) is 0 Å². The maximum absolute atomic E-state index is 10.9. The lowest BCUT2D eigenvalue weighted by atomic mass is 10.2. The predicted molar refractivity (Wildman–Crippen MR) is 61.3 cm³/mol. The molecule has 1 aromatic heterocycles. The van der Waals surface area contributed by atoms with Crippen molar-refractivity contribution in [2.75, 3.05) is 0 Å². The Morgan fingerprint density at radius 1 is 1.00 bits per heavy atom. The van der Waals surface area contributed by atoms with E-state index in [0.29, 0.717) is 10.7 Å². The first kappa shape index (κ1) is 13.0. The average Bonchev–Trinajstić information content (AvgIpc) is 2.86. The van der Waals surface area contributed by atoms with Crippen LogP contribution in [0.1, 0.15) is 0 Å². The summed E-state index contributed by atoms with van der Waals surface area (Å²) in [4.78, 5) is 29.7. The molecule has 2 rings (SSSR count). The van der Waals surface area contributed by atoms with Crippen LogP contribution in [-0.4, -0.2) is 29.8 Å². The van der Waals surface area contributed by atoms with Crippen LogP contribution in [0.2, 0.25) is 0 Å². The van der Waals surface area contributed by atoms with Gasteiger partial charge in [-0.15, -0.1) is 5.10 Å². The van der Waals surface area contributed by atoms with Crippen LogP contribution in [0.3, 0.4) is 0 Å². The largest absolute Gasteiger partial charge is 0.370 e. The molecule has 0 atom stereocenters. The molecule has 0 N–H and O–H groups in total. The van der Waals surface area contributed by atoms with Crippen molar-refractivity contribution in [2.45, 2.75) is 0 Å². The number of nitrogens with zero attached hydrogens (tertiary/aromatic N) is 6. The highest BCUT2D eigenvalue weighted by molar-refractivity contribution is 5.58. The molecule has 0 fully saturated rings. The van der Waals surface area contributed by atoms with E-state index in [2.05, 4.69) is 10.3 Å². The zero-order valence-corrected chi connectivity index (χ0v) is 9.44. The minimum atomic E-state index is -0.895. The van der Waals surface area contributed by atoms with Gasteiger partial charge in [0.05, 0.1) is 15.9 Å². The summed E-state index contributed by atoms with van der Waals surface area (Å²) in [5.41, 5.74) is -1.49. The second kappa shape index (κ2) is 4.68. The highest BCUT2D eigenvalue weighted by Crippen LogP contribution is 2.29. The fourth-order valence-electron chi connectivity index (χ4n) is 1.48. The number of nitro benzene ring substituents is 2. The molecule has 1 aromatic carbocycles. The van der Waals surface area contributed by atoms with E-state index in [9.17, 15) is 30.3 Å². The van der Waals surface area contributed by atoms with Gasteiger partial charge in [-0.2, -0.15) is 0 Å². The number of aromatic nitrogens is 3. The Morgan fingerprint density at radius 2 is 1.70 bits per heavy atom. The van der Waals surface area contributed by atoms with Crippen LogP contribution in [0, 0.1) is 30.3 Å². The first-order chi connectivity index (χ1) is 9.41. The summed E-state index contributed by atoms with van der Waals surface area (Å²) in [7, 11) is 0. The SMILES string of the molecule is O=[N+]([O-])c1ccc(-n2nncc2[N+](=O)[O-])c([N+](=O)[O-])c1. The number of benzene rings is 1. The van der Waals surface area contributed by atoms with E-state index in [-0.39, 0.29) is 5.69 Å². The smallest absolute Gasteiger partial charge is 0.358 e. The Bertz CT molecular complexity index is 724. The van der Waals surface area contributed by atoms with Gasteiger partial charge in [0.2, 0.25) is 5.69 Å². The summed E-state index contributed by atoms with van der Waals surface area (Å²) in [5, 5.41) is 38.9. The minimum Gasteiger partial charge on any atom is -0.358 e. The summed E-state index contributed by atoms with van der Waals surface area (Å²) >= 11 is 0. The molecule has 12 heteroatoms. The second-order valence-corrected chi connectivity index (χ2v) is 3.45. The number of nitro groups is 3. The Morgan fingerprint density at radius 3 is 2.25 bits per heavy atom. The molecule has 0 unspecified atom stereocenters. The van der Waals surface area contributed by atoms with E-state index in [1.165, 1.54) is 0 Å². The van der Waals surface area contributed by atoms with Gasteiger partial charge in [-0.3, -0.25) is 20.2 Å². The van der Waals surface area contributed by atoms with Crippen LogP contribution >= 0.6 is 0 Å². The number of rotatable bonds is 4. The van der Waals surface area contributed by atoms with E-state index in [0.717, 1.165) is 18.3 Å². The van der Waals surface area contributed by atoms with Gasteiger partial charge in [-0.25, -0.2) is 0 Å². The summed E-state index contributed by atoms with van der Waals surface area (Å²) in [6.45, 7) is 0. The van der Waals surface area contributed by atoms with Gasteiger partial charge >= 0.3 is 11.5 Å². The molecule has 0 saturated carbocycles. The Hall–Kier alpha value is -3.44. The van der Waals surface area contributed by atoms with E-state index >= 15 is 0 Å². The quantitative estimate of drug-likeness (QED) is 0.591. The Balaban J connectivity index is 2.68. The van der Waals surface area contributed by atoms with E-state index in [1.54, 1.807) is 0 Å². The molecule has 0 bridgehead atoms. The molecule has 20 heavy (non-hydrogen) atoms. The van der Waals surface area contributed by atoms with E-state index < -0.39 is 32.0 Å². The molecule has 2 aromatic rings. The molecule has 0 radical (unpaired) electrons. The van der Waals surface area contributed by atoms with Crippen molar-refractivity contribution in [1.29, 1.82) is 0 Å². The monoisotopic (exact) mass is 280 g/mol. The molecule has 0 saturated heterocycles. The molecule has 1 heterocycles. The third-order valence-electron chi connectivity index (χ3n) is 2.31. The maximum atomic E-state index is 10.9. The number of non-ortho nitro benzene ring substituents is 1. The highest BCUT2D eigenvalue weighted by Gasteiger charge is 2.28. The number of hydrogen-bond acceptors (Lipinski definition) is 8. The fraction of sp³-hybridized carbons (Fsp3) is 0. The topological polar surface area (TPSA) is 160 Å². The van der Waals surface area contributed by atoms with Gasteiger partial charge in [-0.05, 0) is 4.92 Å². The fourth-order valence-corrected chi connectivity index (χ4v) is 1.48. The third-order valence-corrected chi connectivity index (χ3v) is 2.31. The summed E-state index contributed by atoms with van der Waals surface area (Å²) < 4.78 is 0.627. The van der Waals surface area contributed by atoms with Gasteiger partial charge in [0.25, 0.3) is 5.69 Å². The molecule has 0 amide bonds. The van der Waals surface area contributed by atoms with Crippen molar-refractivity contribution in [3.8, 4) is 5.69 Å². The van der Waals surface area contributed by atoms with Gasteiger partial charge in [-0.1, -0.05) is 4.68 Å². The standard InChI is InChI=1S/C8H4N6O6/c15-12(16)5-1-2-6(7(3-5)13(17)18)11-8(14(19)20)4-9-10-11/h1-4H. The summed E-state index contributed by atoms with van der Waals surface area (Å²) in [5.74, 6) is -0.595. The van der Waals surface area contributed by atoms with Crippen molar-refractivity contribution in [3.05, 3.63) is 54.7 Å². The van der Waals surface area contributed by atoms with Gasteiger partial charge in [0, 0.05) is 17.3 Å². The molecule has 0 aliphatic rings. The molecular formula is C8H4N6O6. The lowest BCUT2D eigenvalue weighted by Gasteiger charge is -1.99. The maximum Gasteiger partial charge on any atom is 0.370 e. The van der Waals surface area contributed by atoms with E-state index in [1.807, 2.05) is 0 Å². The first-order valence-electron chi connectivity index (χ1n) is 4.90. The second-order valence-electron chi connectivity index (χ2n) is 3.45. The Labute approximate surface area is 108 Å². The third kappa shape index (κ3) is 2.12. The van der Waals surface area contributed by atoms with Crippen molar-refractivity contribution in [2.24, 2.45) is 0 Å². The van der Waals surface area contributed by atoms with Crippen LogP contribution in [0.15, 0.2) is 24.4 Å². The average molecular weight is 280 g/mol. The molecular weight excluding hydrogens is 276 g/mol. The zero-order valence-electron chi connectivity index (χ0n) is 9.44. The molecule has 12 nitrogen and oxygen atoms in total. The molecule has 0 aliphatic carbocycles. The first-order valence-corrected chi connectivity index (χ1v) is 4.90. The minimum absolute atomic E-state index is 0.287.